The molecule has 0 unspecified atom stereocenters. The highest BCUT2D eigenvalue weighted by atomic mass is 127. The maximum Gasteiger partial charge on any atom is 0.336 e. The lowest BCUT2D eigenvalue weighted by molar-refractivity contribution is -0.113. The summed E-state index contributed by atoms with van der Waals surface area (Å²) in [4.78, 5) is 53.0. The predicted octanol–water partition coefficient (Wildman–Crippen LogP) is 4.32. The molecule has 1 aliphatic rings. The molecular formula is C26H22BrFIN5O4. The monoisotopic (exact) mass is 693 g/mol. The van der Waals surface area contributed by atoms with Crippen LogP contribution in [-0.2, 0) is 11.8 Å². The lowest BCUT2D eigenvalue weighted by Gasteiger charge is -2.21. The SMILES string of the molecule is Cc1c(=O)n(C)c(Nc2ccc(I)cc2F)c2c(=O)n(C3CC3)c(=O)n(-c3cccc(NC(=O)CBr)c3)c12. The number of benzene rings is 2. The third-order valence-corrected chi connectivity index (χ3v) is 7.63. The van der Waals surface area contributed by atoms with Crippen LogP contribution in [0.25, 0.3) is 16.6 Å². The number of pyridine rings is 1. The van der Waals surface area contributed by atoms with Crippen molar-refractivity contribution >= 4 is 72.5 Å². The summed E-state index contributed by atoms with van der Waals surface area (Å²) in [5.74, 6) is -0.754. The lowest BCUT2D eigenvalue weighted by atomic mass is 10.1. The number of nitrogens with one attached hydrogen (secondary N) is 2. The highest BCUT2D eigenvalue weighted by molar-refractivity contribution is 14.1. The molecule has 0 atom stereocenters. The first kappa shape index (κ1) is 26.4. The van der Waals surface area contributed by atoms with Crippen LogP contribution >= 0.6 is 38.5 Å². The zero-order valence-electron chi connectivity index (χ0n) is 20.3. The molecule has 2 aromatic heterocycles. The average molecular weight is 694 g/mol. The fourth-order valence-electron chi connectivity index (χ4n) is 4.49. The van der Waals surface area contributed by atoms with Gasteiger partial charge in [-0.15, -0.1) is 0 Å². The molecule has 9 nitrogen and oxygen atoms in total. The molecule has 38 heavy (non-hydrogen) atoms. The number of amides is 1. The van der Waals surface area contributed by atoms with Crippen LogP contribution in [0.5, 0.6) is 0 Å². The molecule has 1 aliphatic carbocycles. The molecule has 2 N–H and O–H groups in total. The van der Waals surface area contributed by atoms with E-state index < -0.39 is 22.6 Å². The quantitative estimate of drug-likeness (QED) is 0.231. The van der Waals surface area contributed by atoms with Crippen LogP contribution in [0.4, 0.5) is 21.6 Å². The Kier molecular flexibility index (Phi) is 7.03. The van der Waals surface area contributed by atoms with Gasteiger partial charge < -0.3 is 10.6 Å². The van der Waals surface area contributed by atoms with Crippen LogP contribution < -0.4 is 27.4 Å². The van der Waals surface area contributed by atoms with Crippen LogP contribution in [-0.4, -0.2) is 24.9 Å². The summed E-state index contributed by atoms with van der Waals surface area (Å²) in [7, 11) is 1.49. The van der Waals surface area contributed by atoms with Crippen molar-refractivity contribution in [1.29, 1.82) is 0 Å². The Bertz CT molecular complexity index is 1810. The molecule has 0 spiro atoms. The Morgan fingerprint density at radius 3 is 2.53 bits per heavy atom. The van der Waals surface area contributed by atoms with E-state index in [1.165, 1.54) is 32.9 Å². The number of nitrogens with zero attached hydrogens (tertiary/aromatic N) is 3. The summed E-state index contributed by atoms with van der Waals surface area (Å²) < 4.78 is 19.3. The average Bonchev–Trinajstić information content (AvgIpc) is 3.72. The van der Waals surface area contributed by atoms with E-state index in [1.54, 1.807) is 37.3 Å². The van der Waals surface area contributed by atoms with Crippen LogP contribution in [0.15, 0.2) is 56.8 Å². The van der Waals surface area contributed by atoms with Gasteiger partial charge in [-0.2, -0.15) is 0 Å². The van der Waals surface area contributed by atoms with Gasteiger partial charge in [0.2, 0.25) is 5.91 Å². The van der Waals surface area contributed by atoms with Crippen molar-refractivity contribution in [3.8, 4) is 5.69 Å². The number of aryl methyl sites for hydroxylation is 1. The third-order valence-electron chi connectivity index (χ3n) is 6.45. The topological polar surface area (TPSA) is 107 Å². The Morgan fingerprint density at radius 2 is 1.87 bits per heavy atom. The van der Waals surface area contributed by atoms with E-state index in [-0.39, 0.29) is 45.3 Å². The zero-order chi connectivity index (χ0) is 27.3. The molecule has 12 heteroatoms. The van der Waals surface area contributed by atoms with E-state index in [4.69, 9.17) is 0 Å². The van der Waals surface area contributed by atoms with Crippen LogP contribution in [0.2, 0.25) is 0 Å². The van der Waals surface area contributed by atoms with E-state index in [0.29, 0.717) is 27.8 Å². The molecule has 0 radical (unpaired) electrons. The number of anilines is 3. The highest BCUT2D eigenvalue weighted by Gasteiger charge is 2.31. The van der Waals surface area contributed by atoms with Crippen LogP contribution in [0, 0.1) is 16.3 Å². The second-order valence-electron chi connectivity index (χ2n) is 9.07. The highest BCUT2D eigenvalue weighted by Crippen LogP contribution is 2.34. The summed E-state index contributed by atoms with van der Waals surface area (Å²) in [6, 6.07) is 10.9. The number of carbonyl (C=O) groups excluding carboxylic acids is 1. The second kappa shape index (κ2) is 10.1. The fourth-order valence-corrected chi connectivity index (χ4v) is 5.08. The van der Waals surface area contributed by atoms with Crippen molar-refractivity contribution < 1.29 is 9.18 Å². The Morgan fingerprint density at radius 1 is 1.13 bits per heavy atom. The summed E-state index contributed by atoms with van der Waals surface area (Å²) in [6.45, 7) is 1.55. The molecule has 4 aromatic rings. The fraction of sp³-hybridized carbons (Fsp3) is 0.231. The number of fused-ring (bicyclic) bond motifs is 1. The van der Waals surface area contributed by atoms with Crippen molar-refractivity contribution in [2.24, 2.45) is 7.05 Å². The van der Waals surface area contributed by atoms with Crippen molar-refractivity contribution in [2.45, 2.75) is 25.8 Å². The van der Waals surface area contributed by atoms with Gasteiger partial charge in [0, 0.05) is 27.9 Å². The molecule has 1 saturated carbocycles. The Labute approximate surface area is 237 Å². The van der Waals surface area contributed by atoms with Gasteiger partial charge in [0.25, 0.3) is 11.1 Å². The van der Waals surface area contributed by atoms with E-state index >= 15 is 0 Å². The van der Waals surface area contributed by atoms with Gasteiger partial charge in [0.1, 0.15) is 17.0 Å². The standard InChI is InChI=1S/C26H22BrFIN5O4/c1-13-22-21(23(32(2)24(13)36)31-19-9-6-14(29)10-18(19)28)25(37)34(16-7-8-16)26(38)33(22)17-5-3-4-15(11-17)30-20(35)12-27/h3-6,9-11,16,31H,7-8,12H2,1-2H3,(H,30,35). The number of alkyl halides is 1. The zero-order valence-corrected chi connectivity index (χ0v) is 24.1. The van der Waals surface area contributed by atoms with Crippen molar-refractivity contribution in [1.82, 2.24) is 13.7 Å². The van der Waals surface area contributed by atoms with E-state index in [9.17, 15) is 23.6 Å². The molecule has 0 saturated heterocycles. The van der Waals surface area contributed by atoms with Crippen molar-refractivity contribution in [2.75, 3.05) is 16.0 Å². The van der Waals surface area contributed by atoms with Crippen molar-refractivity contribution in [3.63, 3.8) is 0 Å². The third kappa shape index (κ3) is 4.59. The number of rotatable bonds is 6. The van der Waals surface area contributed by atoms with Crippen molar-refractivity contribution in [3.05, 3.63) is 88.6 Å². The molecule has 0 bridgehead atoms. The minimum atomic E-state index is -0.586. The van der Waals surface area contributed by atoms with Gasteiger partial charge in [-0.1, -0.05) is 22.0 Å². The normalized spacial score (nSPS) is 13.1. The first-order valence-electron chi connectivity index (χ1n) is 11.7. The number of carbonyl (C=O) groups is 1. The Balaban J connectivity index is 1.88. The van der Waals surface area contributed by atoms with Gasteiger partial charge in [-0.25, -0.2) is 9.18 Å². The molecule has 0 aliphatic heterocycles. The van der Waals surface area contributed by atoms with E-state index in [0.717, 1.165) is 0 Å². The van der Waals surface area contributed by atoms with Gasteiger partial charge in [-0.3, -0.25) is 28.1 Å². The molecule has 1 fully saturated rings. The lowest BCUT2D eigenvalue weighted by Crippen LogP contribution is -2.41. The number of hydrogen-bond acceptors (Lipinski definition) is 5. The molecule has 196 valence electrons. The van der Waals surface area contributed by atoms with Gasteiger partial charge in [0.15, 0.2) is 0 Å². The first-order valence-corrected chi connectivity index (χ1v) is 13.9. The van der Waals surface area contributed by atoms with Crippen LogP contribution in [0.3, 0.4) is 0 Å². The van der Waals surface area contributed by atoms with Gasteiger partial charge >= 0.3 is 5.69 Å². The molecule has 2 aromatic carbocycles. The largest absolute Gasteiger partial charge is 0.338 e. The van der Waals surface area contributed by atoms with Gasteiger partial charge in [-0.05, 0) is 78.8 Å². The smallest absolute Gasteiger partial charge is 0.336 e. The van der Waals surface area contributed by atoms with E-state index in [2.05, 4.69) is 26.6 Å². The summed E-state index contributed by atoms with van der Waals surface area (Å²) >= 11 is 5.10. The molecule has 1 amide bonds. The summed E-state index contributed by atoms with van der Waals surface area (Å²) in [6.07, 6.45) is 1.34. The summed E-state index contributed by atoms with van der Waals surface area (Å²) in [5, 5.41) is 5.85. The maximum atomic E-state index is 14.8. The number of aromatic nitrogens is 3. The maximum absolute atomic E-state index is 14.8. The molecule has 2 heterocycles. The number of hydrogen-bond donors (Lipinski definition) is 2. The first-order chi connectivity index (χ1) is 18.1. The minimum absolute atomic E-state index is 0.0765. The van der Waals surface area contributed by atoms with E-state index in [1.807, 2.05) is 22.6 Å². The van der Waals surface area contributed by atoms with Crippen LogP contribution in [0.1, 0.15) is 24.4 Å². The number of halogens is 3. The Hall–Kier alpha value is -3.26. The second-order valence-corrected chi connectivity index (χ2v) is 10.9. The minimum Gasteiger partial charge on any atom is -0.338 e. The molecule has 5 rings (SSSR count). The predicted molar refractivity (Wildman–Crippen MR) is 157 cm³/mol. The molecular weight excluding hydrogens is 672 g/mol. The summed E-state index contributed by atoms with van der Waals surface area (Å²) in [5.41, 5.74) is -0.398. The van der Waals surface area contributed by atoms with Gasteiger partial charge in [0.05, 0.1) is 22.2 Å².